The van der Waals surface area contributed by atoms with Crippen LogP contribution in [-0.2, 0) is 20.7 Å². The molecule has 0 radical (unpaired) electrons. The maximum atomic E-state index is 12.2. The second kappa shape index (κ2) is 6.29. The van der Waals surface area contributed by atoms with Crippen molar-refractivity contribution in [1.29, 1.82) is 0 Å². The van der Waals surface area contributed by atoms with Crippen LogP contribution in [0.2, 0.25) is 0 Å². The average molecular weight is 288 g/mol. The number of esters is 2. The molecule has 0 spiro atoms. The average Bonchev–Trinajstić information content (AvgIpc) is 2.76. The molecule has 0 bridgehead atoms. The highest BCUT2D eigenvalue weighted by molar-refractivity contribution is 5.94. The van der Waals surface area contributed by atoms with Crippen LogP contribution in [0.4, 0.5) is 0 Å². The minimum Gasteiger partial charge on any atom is -0.460 e. The molecule has 1 unspecified atom stereocenters. The molecule has 0 N–H and O–H groups in total. The van der Waals surface area contributed by atoms with Crippen LogP contribution in [0.1, 0.15) is 54.4 Å². The van der Waals surface area contributed by atoms with Gasteiger partial charge in [0.15, 0.2) is 0 Å². The molecule has 0 amide bonds. The largest absolute Gasteiger partial charge is 0.460 e. The van der Waals surface area contributed by atoms with Crippen molar-refractivity contribution in [2.24, 2.45) is 0 Å². The molecule has 1 heterocycles. The molecule has 0 saturated heterocycles. The van der Waals surface area contributed by atoms with E-state index in [-0.39, 0.29) is 6.10 Å². The second-order valence-electron chi connectivity index (χ2n) is 5.81. The number of rotatable bonds is 2. The summed E-state index contributed by atoms with van der Waals surface area (Å²) in [5.41, 5.74) is 1.41. The summed E-state index contributed by atoms with van der Waals surface area (Å²) in [5, 5.41) is 0. The monoisotopic (exact) mass is 288 g/mol. The molecule has 112 valence electrons. The Labute approximate surface area is 124 Å². The molecule has 4 heteroatoms. The number of hydrogen-bond acceptors (Lipinski definition) is 4. The van der Waals surface area contributed by atoms with Gasteiger partial charge in [-0.1, -0.05) is 31.0 Å². The zero-order valence-corrected chi connectivity index (χ0v) is 12.0. The van der Waals surface area contributed by atoms with Crippen molar-refractivity contribution in [2.75, 3.05) is 0 Å². The van der Waals surface area contributed by atoms with E-state index >= 15 is 0 Å². The second-order valence-corrected chi connectivity index (χ2v) is 5.81. The van der Waals surface area contributed by atoms with E-state index in [0.717, 1.165) is 31.2 Å². The lowest BCUT2D eigenvalue weighted by molar-refractivity contribution is -0.160. The predicted octanol–water partition coefficient (Wildman–Crippen LogP) is 3.03. The third-order valence-electron chi connectivity index (χ3n) is 4.24. The highest BCUT2D eigenvalue weighted by Crippen LogP contribution is 2.24. The molecule has 4 nitrogen and oxygen atoms in total. The van der Waals surface area contributed by atoms with Crippen molar-refractivity contribution in [3.63, 3.8) is 0 Å². The summed E-state index contributed by atoms with van der Waals surface area (Å²) in [6, 6.07) is 7.25. The molecule has 2 aliphatic rings. The maximum absolute atomic E-state index is 12.2. The van der Waals surface area contributed by atoms with Crippen molar-refractivity contribution in [3.05, 3.63) is 35.4 Å². The lowest BCUT2D eigenvalue weighted by Gasteiger charge is -2.25. The van der Waals surface area contributed by atoms with E-state index in [1.54, 1.807) is 12.1 Å². The van der Waals surface area contributed by atoms with Crippen molar-refractivity contribution in [3.8, 4) is 0 Å². The van der Waals surface area contributed by atoms with Gasteiger partial charge in [-0.3, -0.25) is 0 Å². The van der Waals surface area contributed by atoms with Crippen LogP contribution in [0.3, 0.4) is 0 Å². The Hall–Kier alpha value is -1.84. The normalized spacial score (nSPS) is 22.9. The first-order valence-electron chi connectivity index (χ1n) is 7.73. The number of cyclic esters (lactones) is 1. The van der Waals surface area contributed by atoms with Gasteiger partial charge < -0.3 is 9.47 Å². The molecule has 1 saturated carbocycles. The highest BCUT2D eigenvalue weighted by Gasteiger charge is 2.33. The van der Waals surface area contributed by atoms with E-state index in [1.807, 2.05) is 12.1 Å². The first kappa shape index (κ1) is 14.1. The molecule has 1 aliphatic heterocycles. The molecule has 0 aromatic heterocycles. The minimum atomic E-state index is -0.796. The Balaban J connectivity index is 1.65. The van der Waals surface area contributed by atoms with Gasteiger partial charge in [0.05, 0.1) is 5.56 Å². The molecular weight excluding hydrogens is 268 g/mol. The van der Waals surface area contributed by atoms with Crippen LogP contribution in [0.25, 0.3) is 0 Å². The summed E-state index contributed by atoms with van der Waals surface area (Å²) >= 11 is 0. The fourth-order valence-electron chi connectivity index (χ4n) is 3.06. The zero-order valence-electron chi connectivity index (χ0n) is 12.0. The standard InChI is InChI=1S/C17H20O4/c18-16-14-10-6-5-7-12(14)11-15(21-16)17(19)20-13-8-3-1-2-4-9-13/h5-7,10,13,15H,1-4,8-9,11H2. The number of fused-ring (bicyclic) bond motifs is 1. The van der Waals surface area contributed by atoms with Crippen molar-refractivity contribution in [1.82, 2.24) is 0 Å². The van der Waals surface area contributed by atoms with Gasteiger partial charge in [-0.25, -0.2) is 9.59 Å². The molecule has 21 heavy (non-hydrogen) atoms. The van der Waals surface area contributed by atoms with E-state index in [1.165, 1.54) is 12.8 Å². The molecule has 1 aromatic carbocycles. The van der Waals surface area contributed by atoms with E-state index < -0.39 is 18.0 Å². The van der Waals surface area contributed by atoms with Gasteiger partial charge in [-0.2, -0.15) is 0 Å². The Bertz CT molecular complexity index is 529. The topological polar surface area (TPSA) is 52.6 Å². The number of ether oxygens (including phenoxy) is 2. The quantitative estimate of drug-likeness (QED) is 0.620. The Morgan fingerprint density at radius 2 is 1.81 bits per heavy atom. The molecule has 1 fully saturated rings. The third kappa shape index (κ3) is 3.26. The SMILES string of the molecule is O=C1OC(C(=O)OC2CCCCCC2)Cc2ccccc21. The van der Waals surface area contributed by atoms with Crippen LogP contribution in [0.5, 0.6) is 0 Å². The summed E-state index contributed by atoms with van der Waals surface area (Å²) in [4.78, 5) is 24.2. The van der Waals surface area contributed by atoms with Crippen LogP contribution in [-0.4, -0.2) is 24.1 Å². The summed E-state index contributed by atoms with van der Waals surface area (Å²) < 4.78 is 10.8. The van der Waals surface area contributed by atoms with Gasteiger partial charge in [-0.15, -0.1) is 0 Å². The van der Waals surface area contributed by atoms with E-state index in [2.05, 4.69) is 0 Å². The van der Waals surface area contributed by atoms with Gasteiger partial charge in [0, 0.05) is 6.42 Å². The maximum Gasteiger partial charge on any atom is 0.348 e. The van der Waals surface area contributed by atoms with Crippen molar-refractivity contribution in [2.45, 2.75) is 57.2 Å². The van der Waals surface area contributed by atoms with Crippen molar-refractivity contribution < 1.29 is 19.1 Å². The first-order chi connectivity index (χ1) is 10.2. The first-order valence-corrected chi connectivity index (χ1v) is 7.73. The summed E-state index contributed by atoms with van der Waals surface area (Å²) in [5.74, 6) is -0.829. The van der Waals surface area contributed by atoms with E-state index in [9.17, 15) is 9.59 Å². The smallest absolute Gasteiger partial charge is 0.348 e. The van der Waals surface area contributed by atoms with Gasteiger partial charge in [0.2, 0.25) is 6.10 Å². The fraction of sp³-hybridized carbons (Fsp3) is 0.529. The predicted molar refractivity (Wildman–Crippen MR) is 76.9 cm³/mol. The van der Waals surface area contributed by atoms with Crippen LogP contribution >= 0.6 is 0 Å². The lowest BCUT2D eigenvalue weighted by atomic mass is 9.99. The minimum absolute atomic E-state index is 0.0177. The van der Waals surface area contributed by atoms with Gasteiger partial charge in [0.25, 0.3) is 0 Å². The van der Waals surface area contributed by atoms with Crippen molar-refractivity contribution >= 4 is 11.9 Å². The zero-order chi connectivity index (χ0) is 14.7. The Kier molecular flexibility index (Phi) is 4.23. The molecule has 3 rings (SSSR count). The van der Waals surface area contributed by atoms with E-state index in [0.29, 0.717) is 12.0 Å². The molecule has 1 aromatic rings. The van der Waals surface area contributed by atoms with Crippen LogP contribution in [0.15, 0.2) is 24.3 Å². The number of carbonyl (C=O) groups is 2. The van der Waals surface area contributed by atoms with Gasteiger partial charge in [0.1, 0.15) is 6.10 Å². The summed E-state index contributed by atoms with van der Waals surface area (Å²) in [7, 11) is 0. The van der Waals surface area contributed by atoms with Gasteiger partial charge >= 0.3 is 11.9 Å². The Morgan fingerprint density at radius 3 is 2.57 bits per heavy atom. The molecular formula is C17H20O4. The number of carbonyl (C=O) groups excluding carboxylic acids is 2. The van der Waals surface area contributed by atoms with Gasteiger partial charge in [-0.05, 0) is 37.3 Å². The Morgan fingerprint density at radius 1 is 1.10 bits per heavy atom. The van der Waals surface area contributed by atoms with E-state index in [4.69, 9.17) is 9.47 Å². The highest BCUT2D eigenvalue weighted by atomic mass is 16.6. The molecule has 1 atom stereocenters. The number of hydrogen-bond donors (Lipinski definition) is 0. The molecule has 1 aliphatic carbocycles. The summed E-state index contributed by atoms with van der Waals surface area (Å²) in [6.45, 7) is 0. The lowest BCUT2D eigenvalue weighted by Crippen LogP contribution is -2.37. The third-order valence-corrected chi connectivity index (χ3v) is 4.24. The number of benzene rings is 1. The van der Waals surface area contributed by atoms with Crippen LogP contribution in [0, 0.1) is 0 Å². The van der Waals surface area contributed by atoms with Crippen LogP contribution < -0.4 is 0 Å². The fourth-order valence-corrected chi connectivity index (χ4v) is 3.06. The summed E-state index contributed by atoms with van der Waals surface area (Å²) in [6.07, 6.45) is 6.06.